The lowest BCUT2D eigenvalue weighted by Gasteiger charge is -2.28. The first-order valence-electron chi connectivity index (χ1n) is 9.94. The second-order valence-corrected chi connectivity index (χ2v) is 7.70. The van der Waals surface area contributed by atoms with Crippen molar-refractivity contribution in [3.63, 3.8) is 0 Å². The Morgan fingerprint density at radius 3 is 2.70 bits per heavy atom. The van der Waals surface area contributed by atoms with E-state index in [1.54, 1.807) is 6.07 Å². The van der Waals surface area contributed by atoms with Gasteiger partial charge >= 0.3 is 0 Å². The molecule has 0 aromatic carbocycles. The first-order valence-corrected chi connectivity index (χ1v) is 9.94. The van der Waals surface area contributed by atoms with Crippen LogP contribution in [0, 0.1) is 19.8 Å². The predicted molar refractivity (Wildman–Crippen MR) is 102 cm³/mol. The van der Waals surface area contributed by atoms with Crippen LogP contribution in [0.5, 0.6) is 0 Å². The molecule has 2 aromatic rings. The number of pyridine rings is 1. The smallest absolute Gasteiger partial charge is 0.261 e. The predicted octanol–water partition coefficient (Wildman–Crippen LogP) is 2.20. The topological polar surface area (TPSA) is 80.1 Å². The first-order chi connectivity index (χ1) is 13.0. The van der Waals surface area contributed by atoms with E-state index < -0.39 is 0 Å². The molecule has 0 spiro atoms. The molecule has 2 amide bonds. The molecule has 144 valence electrons. The van der Waals surface area contributed by atoms with Crippen molar-refractivity contribution in [2.24, 2.45) is 5.92 Å². The van der Waals surface area contributed by atoms with Crippen molar-refractivity contribution in [1.82, 2.24) is 25.0 Å². The number of nitrogens with one attached hydrogen (secondary N) is 1. The van der Waals surface area contributed by atoms with Gasteiger partial charge in [0.05, 0.1) is 22.6 Å². The molecule has 1 N–H and O–H groups in total. The molecule has 2 fully saturated rings. The molecule has 27 heavy (non-hydrogen) atoms. The van der Waals surface area contributed by atoms with E-state index in [4.69, 9.17) is 0 Å². The molecule has 1 saturated carbocycles. The summed E-state index contributed by atoms with van der Waals surface area (Å²) in [7, 11) is 0. The van der Waals surface area contributed by atoms with Gasteiger partial charge < -0.3 is 5.32 Å². The SMILES string of the molecule is CCn1nc(C)c2c(C(=O)N(C(=O)C3CCCNC3)C3CC3)cc(C)nc21. The van der Waals surface area contributed by atoms with E-state index in [9.17, 15) is 9.59 Å². The van der Waals surface area contributed by atoms with Crippen LogP contribution in [-0.2, 0) is 11.3 Å². The molecule has 1 unspecified atom stereocenters. The maximum absolute atomic E-state index is 13.5. The van der Waals surface area contributed by atoms with Crippen LogP contribution in [-0.4, -0.2) is 50.6 Å². The highest BCUT2D eigenvalue weighted by atomic mass is 16.2. The van der Waals surface area contributed by atoms with Crippen LogP contribution in [0.2, 0.25) is 0 Å². The summed E-state index contributed by atoms with van der Waals surface area (Å²) in [6.45, 7) is 8.08. The number of amides is 2. The monoisotopic (exact) mass is 369 g/mol. The number of nitrogens with zero attached hydrogens (tertiary/aromatic N) is 4. The molecule has 0 radical (unpaired) electrons. The number of piperidine rings is 1. The van der Waals surface area contributed by atoms with E-state index in [1.807, 2.05) is 25.5 Å². The molecular weight excluding hydrogens is 342 g/mol. The van der Waals surface area contributed by atoms with Gasteiger partial charge in [0.1, 0.15) is 0 Å². The van der Waals surface area contributed by atoms with Crippen LogP contribution < -0.4 is 5.32 Å². The van der Waals surface area contributed by atoms with Crippen LogP contribution in [0.4, 0.5) is 0 Å². The Labute approximate surface area is 159 Å². The van der Waals surface area contributed by atoms with Crippen molar-refractivity contribution in [1.29, 1.82) is 0 Å². The Morgan fingerprint density at radius 1 is 1.30 bits per heavy atom. The number of carbonyl (C=O) groups excluding carboxylic acids is 2. The fourth-order valence-corrected chi connectivity index (χ4v) is 4.04. The second-order valence-electron chi connectivity index (χ2n) is 7.70. The molecule has 0 bridgehead atoms. The molecule has 3 heterocycles. The molecule has 4 rings (SSSR count). The highest BCUT2D eigenvalue weighted by molar-refractivity contribution is 6.12. The summed E-state index contributed by atoms with van der Waals surface area (Å²) in [6, 6.07) is 1.85. The van der Waals surface area contributed by atoms with Crippen molar-refractivity contribution in [2.45, 2.75) is 59.0 Å². The van der Waals surface area contributed by atoms with Gasteiger partial charge in [-0.05, 0) is 59.1 Å². The molecule has 1 aliphatic heterocycles. The Hall–Kier alpha value is -2.28. The average Bonchev–Trinajstić information content (AvgIpc) is 3.45. The zero-order valence-electron chi connectivity index (χ0n) is 16.3. The average molecular weight is 369 g/mol. The van der Waals surface area contributed by atoms with E-state index in [-0.39, 0.29) is 23.8 Å². The molecule has 7 heteroatoms. The summed E-state index contributed by atoms with van der Waals surface area (Å²) in [6.07, 6.45) is 3.63. The standard InChI is InChI=1S/C20H27N5O2/c1-4-24-18-17(13(3)23-24)16(10-12(2)22-18)20(27)25(15-7-8-15)19(26)14-6-5-9-21-11-14/h10,14-15,21H,4-9,11H2,1-3H3. The highest BCUT2D eigenvalue weighted by Gasteiger charge is 2.41. The Kier molecular flexibility index (Phi) is 4.72. The van der Waals surface area contributed by atoms with Gasteiger partial charge in [0.2, 0.25) is 5.91 Å². The van der Waals surface area contributed by atoms with E-state index in [0.29, 0.717) is 18.7 Å². The van der Waals surface area contributed by atoms with Crippen LogP contribution in [0.25, 0.3) is 11.0 Å². The van der Waals surface area contributed by atoms with Crippen molar-refractivity contribution in [3.05, 3.63) is 23.0 Å². The van der Waals surface area contributed by atoms with E-state index in [0.717, 1.165) is 54.6 Å². The molecule has 1 saturated heterocycles. The largest absolute Gasteiger partial charge is 0.316 e. The normalized spacial score (nSPS) is 20.0. The van der Waals surface area contributed by atoms with Gasteiger partial charge in [-0.1, -0.05) is 0 Å². The van der Waals surface area contributed by atoms with Crippen LogP contribution in [0.15, 0.2) is 6.07 Å². The number of hydrogen-bond acceptors (Lipinski definition) is 5. The minimum atomic E-state index is -0.192. The Balaban J connectivity index is 1.76. The van der Waals surface area contributed by atoms with Gasteiger partial charge in [-0.15, -0.1) is 0 Å². The zero-order chi connectivity index (χ0) is 19.1. The maximum Gasteiger partial charge on any atom is 0.261 e. The van der Waals surface area contributed by atoms with Crippen LogP contribution in [0.3, 0.4) is 0 Å². The lowest BCUT2D eigenvalue weighted by molar-refractivity contribution is -0.133. The summed E-state index contributed by atoms with van der Waals surface area (Å²) in [5, 5.41) is 8.59. The number of rotatable bonds is 4. The van der Waals surface area contributed by atoms with E-state index in [1.165, 1.54) is 4.90 Å². The zero-order valence-corrected chi connectivity index (χ0v) is 16.3. The van der Waals surface area contributed by atoms with Gasteiger partial charge in [0, 0.05) is 24.8 Å². The van der Waals surface area contributed by atoms with Gasteiger partial charge in [-0.2, -0.15) is 5.10 Å². The van der Waals surface area contributed by atoms with Crippen molar-refractivity contribution >= 4 is 22.8 Å². The molecule has 1 atom stereocenters. The number of hydrogen-bond donors (Lipinski definition) is 1. The Morgan fingerprint density at radius 2 is 2.07 bits per heavy atom. The number of carbonyl (C=O) groups is 2. The van der Waals surface area contributed by atoms with E-state index in [2.05, 4.69) is 15.4 Å². The fraction of sp³-hybridized carbons (Fsp3) is 0.600. The molecule has 2 aromatic heterocycles. The summed E-state index contributed by atoms with van der Waals surface area (Å²) < 4.78 is 1.82. The molecular formula is C20H27N5O2. The summed E-state index contributed by atoms with van der Waals surface area (Å²) >= 11 is 0. The minimum absolute atomic E-state index is 0.0298. The molecule has 2 aliphatic rings. The lowest BCUT2D eigenvalue weighted by Crippen LogP contribution is -2.46. The molecule has 7 nitrogen and oxygen atoms in total. The highest BCUT2D eigenvalue weighted by Crippen LogP contribution is 2.33. The third kappa shape index (κ3) is 3.25. The lowest BCUT2D eigenvalue weighted by atomic mass is 9.97. The van der Waals surface area contributed by atoms with Gasteiger partial charge in [0.25, 0.3) is 5.91 Å². The van der Waals surface area contributed by atoms with Crippen molar-refractivity contribution in [2.75, 3.05) is 13.1 Å². The fourth-order valence-electron chi connectivity index (χ4n) is 4.04. The first kappa shape index (κ1) is 18.1. The molecule has 1 aliphatic carbocycles. The van der Waals surface area contributed by atoms with Crippen LogP contribution >= 0.6 is 0 Å². The quantitative estimate of drug-likeness (QED) is 0.836. The third-order valence-corrected chi connectivity index (χ3v) is 5.55. The van der Waals surface area contributed by atoms with Crippen molar-refractivity contribution < 1.29 is 9.59 Å². The number of imide groups is 1. The van der Waals surface area contributed by atoms with Gasteiger partial charge in [-0.3, -0.25) is 14.5 Å². The summed E-state index contributed by atoms with van der Waals surface area (Å²) in [5.74, 6) is -0.332. The third-order valence-electron chi connectivity index (χ3n) is 5.55. The van der Waals surface area contributed by atoms with Gasteiger partial charge in [0.15, 0.2) is 5.65 Å². The summed E-state index contributed by atoms with van der Waals surface area (Å²) in [5.41, 5.74) is 2.83. The maximum atomic E-state index is 13.5. The summed E-state index contributed by atoms with van der Waals surface area (Å²) in [4.78, 5) is 32.9. The Bertz CT molecular complexity index is 893. The van der Waals surface area contributed by atoms with Crippen molar-refractivity contribution in [3.8, 4) is 0 Å². The van der Waals surface area contributed by atoms with Gasteiger partial charge in [-0.25, -0.2) is 9.67 Å². The number of aromatic nitrogens is 3. The minimum Gasteiger partial charge on any atom is -0.316 e. The second kappa shape index (κ2) is 7.03. The van der Waals surface area contributed by atoms with E-state index >= 15 is 0 Å². The van der Waals surface area contributed by atoms with Crippen LogP contribution in [0.1, 0.15) is 54.4 Å². The number of fused-ring (bicyclic) bond motifs is 1. The number of aryl methyl sites for hydroxylation is 3.